The van der Waals surface area contributed by atoms with E-state index < -0.39 is 17.7 Å². The number of aliphatic hydroxyl groups is 1. The molecule has 1 fully saturated rings. The molecule has 5 rings (SSSR count). The van der Waals surface area contributed by atoms with Gasteiger partial charge in [0.05, 0.1) is 25.3 Å². The van der Waals surface area contributed by atoms with Crippen molar-refractivity contribution in [3.63, 3.8) is 0 Å². The minimum Gasteiger partial charge on any atom is -0.507 e. The molecule has 3 aromatic rings. The third kappa shape index (κ3) is 5.94. The normalized spacial score (nSPS) is 19.2. The summed E-state index contributed by atoms with van der Waals surface area (Å²) in [7, 11) is 1.57. The Bertz CT molecular complexity index is 1450. The van der Waals surface area contributed by atoms with Crippen LogP contribution < -0.4 is 14.2 Å². The Kier molecular flexibility index (Phi) is 8.62. The first-order valence-corrected chi connectivity index (χ1v) is 14.3. The van der Waals surface area contributed by atoms with Gasteiger partial charge < -0.3 is 24.2 Å². The maximum atomic E-state index is 13.5. The van der Waals surface area contributed by atoms with Crippen molar-refractivity contribution in [1.29, 1.82) is 0 Å². The van der Waals surface area contributed by atoms with Crippen LogP contribution in [0.15, 0.2) is 72.3 Å². The van der Waals surface area contributed by atoms with Crippen LogP contribution in [0.2, 0.25) is 0 Å². The van der Waals surface area contributed by atoms with Crippen molar-refractivity contribution < 1.29 is 28.9 Å². The van der Waals surface area contributed by atoms with Crippen molar-refractivity contribution >= 4 is 17.4 Å². The molecule has 1 amide bonds. The second kappa shape index (κ2) is 12.5. The lowest BCUT2D eigenvalue weighted by molar-refractivity contribution is -0.139. The van der Waals surface area contributed by atoms with Gasteiger partial charge in [-0.25, -0.2) is 0 Å². The zero-order valence-electron chi connectivity index (χ0n) is 23.9. The molecule has 0 spiro atoms. The van der Waals surface area contributed by atoms with Gasteiger partial charge in [-0.15, -0.1) is 0 Å². The number of hydrogen-bond donors (Lipinski definition) is 1. The summed E-state index contributed by atoms with van der Waals surface area (Å²) in [5.74, 6) is 0.344. The molecule has 2 aliphatic rings. The van der Waals surface area contributed by atoms with E-state index in [0.29, 0.717) is 48.6 Å². The largest absolute Gasteiger partial charge is 0.507 e. The summed E-state index contributed by atoms with van der Waals surface area (Å²) < 4.78 is 17.4. The molecule has 2 aliphatic heterocycles. The van der Waals surface area contributed by atoms with Crippen LogP contribution in [-0.2, 0) is 22.4 Å². The minimum absolute atomic E-state index is 0.0427. The second-order valence-electron chi connectivity index (χ2n) is 10.6. The Morgan fingerprint density at radius 2 is 1.83 bits per heavy atom. The van der Waals surface area contributed by atoms with Crippen LogP contribution in [0.1, 0.15) is 61.4 Å². The van der Waals surface area contributed by atoms with Gasteiger partial charge in [-0.1, -0.05) is 56.2 Å². The number of ketones is 1. The zero-order chi connectivity index (χ0) is 28.9. The fourth-order valence-corrected chi connectivity index (χ4v) is 5.58. The highest BCUT2D eigenvalue weighted by Crippen LogP contribution is 2.43. The first kappa shape index (κ1) is 28.3. The summed E-state index contributed by atoms with van der Waals surface area (Å²) in [4.78, 5) is 28.6. The van der Waals surface area contributed by atoms with Crippen molar-refractivity contribution in [2.45, 2.75) is 58.1 Å². The first-order valence-electron chi connectivity index (χ1n) is 14.3. The number of methoxy groups -OCH3 is 1. The summed E-state index contributed by atoms with van der Waals surface area (Å²) in [6.45, 7) is 5.01. The lowest BCUT2D eigenvalue weighted by Gasteiger charge is -2.26. The molecule has 2 atom stereocenters. The highest BCUT2D eigenvalue weighted by Gasteiger charge is 2.46. The number of likely N-dealkylation sites (tertiary alicyclic amines) is 1. The molecule has 0 aromatic heterocycles. The monoisotopic (exact) mass is 555 g/mol. The standard InChI is InChI=1S/C34H37NO6/c1-4-5-9-18-40-28-15-12-24(21-29(28)39-3)31-30(32(36)25-13-14-27-26(20-25)19-22(2)41-27)33(37)34(38)35(31)17-16-23-10-7-6-8-11-23/h6-8,10-15,20-22,31,36H,4-5,9,16-19H2,1-3H3/b32-30+/t22-,31+/m0/s1. The van der Waals surface area contributed by atoms with Gasteiger partial charge >= 0.3 is 0 Å². The first-order chi connectivity index (χ1) is 19.9. The topological polar surface area (TPSA) is 85.3 Å². The van der Waals surface area contributed by atoms with Crippen molar-refractivity contribution in [3.05, 3.63) is 94.6 Å². The lowest BCUT2D eigenvalue weighted by Crippen LogP contribution is -2.31. The van der Waals surface area contributed by atoms with Gasteiger partial charge in [0.2, 0.25) is 0 Å². The number of Topliss-reactive ketones (excluding diaryl/α,β-unsaturated/α-hetero) is 1. The lowest BCUT2D eigenvalue weighted by atomic mass is 9.94. The summed E-state index contributed by atoms with van der Waals surface area (Å²) >= 11 is 0. The van der Waals surface area contributed by atoms with E-state index in [2.05, 4.69) is 6.92 Å². The van der Waals surface area contributed by atoms with E-state index in [1.807, 2.05) is 61.5 Å². The smallest absolute Gasteiger partial charge is 0.295 e. The molecule has 41 heavy (non-hydrogen) atoms. The molecule has 7 heteroatoms. The summed E-state index contributed by atoms with van der Waals surface area (Å²) in [6, 6.07) is 19.9. The number of ether oxygens (including phenoxy) is 3. The number of benzene rings is 3. The highest BCUT2D eigenvalue weighted by atomic mass is 16.5. The second-order valence-corrected chi connectivity index (χ2v) is 10.6. The van der Waals surface area contributed by atoms with Crippen LogP contribution >= 0.6 is 0 Å². The van der Waals surface area contributed by atoms with E-state index in [4.69, 9.17) is 14.2 Å². The number of nitrogens with zero attached hydrogens (tertiary/aromatic N) is 1. The van der Waals surface area contributed by atoms with Gasteiger partial charge in [-0.05, 0) is 66.8 Å². The predicted octanol–water partition coefficient (Wildman–Crippen LogP) is 6.25. The van der Waals surface area contributed by atoms with Crippen LogP contribution in [0, 0.1) is 0 Å². The Balaban J connectivity index is 1.54. The SMILES string of the molecule is CCCCCOc1ccc([C@@H]2/C(=C(\O)c3ccc4c(c3)C[C@H](C)O4)C(=O)C(=O)N2CCc2ccccc2)cc1OC. The van der Waals surface area contributed by atoms with E-state index in [1.165, 1.54) is 0 Å². The van der Waals surface area contributed by atoms with Crippen molar-refractivity contribution in [2.24, 2.45) is 0 Å². The van der Waals surface area contributed by atoms with Crippen molar-refractivity contribution in [3.8, 4) is 17.2 Å². The number of rotatable bonds is 11. The maximum absolute atomic E-state index is 13.5. The number of amides is 1. The number of hydrogen-bond acceptors (Lipinski definition) is 6. The number of aliphatic hydroxyl groups excluding tert-OH is 1. The van der Waals surface area contributed by atoms with E-state index in [-0.39, 0.29) is 17.4 Å². The van der Waals surface area contributed by atoms with Crippen LogP contribution in [0.3, 0.4) is 0 Å². The summed E-state index contributed by atoms with van der Waals surface area (Å²) in [5, 5.41) is 11.6. The molecule has 0 aliphatic carbocycles. The van der Waals surface area contributed by atoms with Gasteiger partial charge in [-0.3, -0.25) is 9.59 Å². The number of unbranched alkanes of at least 4 members (excludes halogenated alkanes) is 2. The van der Waals surface area contributed by atoms with Crippen LogP contribution in [-0.4, -0.2) is 48.1 Å². The molecule has 1 saturated heterocycles. The molecule has 0 saturated carbocycles. The Morgan fingerprint density at radius 1 is 1.02 bits per heavy atom. The molecule has 1 N–H and O–H groups in total. The highest BCUT2D eigenvalue weighted by molar-refractivity contribution is 6.46. The summed E-state index contributed by atoms with van der Waals surface area (Å²) in [5.41, 5.74) is 3.22. The molecule has 2 heterocycles. The van der Waals surface area contributed by atoms with E-state index in [1.54, 1.807) is 24.1 Å². The molecule has 7 nitrogen and oxygen atoms in total. The number of carbonyl (C=O) groups excluding carboxylic acids is 2. The van der Waals surface area contributed by atoms with Gasteiger partial charge in [0.1, 0.15) is 17.6 Å². The van der Waals surface area contributed by atoms with Gasteiger partial charge in [0.15, 0.2) is 11.5 Å². The fraction of sp³-hybridized carbons (Fsp3) is 0.353. The van der Waals surface area contributed by atoms with Crippen LogP contribution in [0.25, 0.3) is 5.76 Å². The quantitative estimate of drug-likeness (QED) is 0.130. The maximum Gasteiger partial charge on any atom is 0.295 e. The van der Waals surface area contributed by atoms with E-state index in [9.17, 15) is 14.7 Å². The Hall–Kier alpha value is -4.26. The minimum atomic E-state index is -0.787. The van der Waals surface area contributed by atoms with Crippen molar-refractivity contribution in [2.75, 3.05) is 20.3 Å². The average Bonchev–Trinajstić information content (AvgIpc) is 3.49. The number of fused-ring (bicyclic) bond motifs is 1. The molecular weight excluding hydrogens is 518 g/mol. The van der Waals surface area contributed by atoms with Gasteiger partial charge in [-0.2, -0.15) is 0 Å². The number of carbonyl (C=O) groups is 2. The van der Waals surface area contributed by atoms with Crippen molar-refractivity contribution in [1.82, 2.24) is 4.90 Å². The van der Waals surface area contributed by atoms with E-state index >= 15 is 0 Å². The van der Waals surface area contributed by atoms with Crippen LogP contribution in [0.5, 0.6) is 17.2 Å². The average molecular weight is 556 g/mol. The Morgan fingerprint density at radius 3 is 2.59 bits per heavy atom. The predicted molar refractivity (Wildman–Crippen MR) is 157 cm³/mol. The third-order valence-corrected chi connectivity index (χ3v) is 7.70. The molecule has 0 unspecified atom stereocenters. The van der Waals surface area contributed by atoms with E-state index in [0.717, 1.165) is 36.1 Å². The fourth-order valence-electron chi connectivity index (χ4n) is 5.58. The third-order valence-electron chi connectivity index (χ3n) is 7.70. The molecule has 3 aromatic carbocycles. The molecule has 0 radical (unpaired) electrons. The van der Waals surface area contributed by atoms with Gasteiger partial charge in [0, 0.05) is 18.5 Å². The molecule has 0 bridgehead atoms. The van der Waals surface area contributed by atoms with Gasteiger partial charge in [0.25, 0.3) is 11.7 Å². The molecular formula is C34H37NO6. The summed E-state index contributed by atoms with van der Waals surface area (Å²) in [6.07, 6.45) is 4.42. The molecule has 214 valence electrons. The zero-order valence-corrected chi connectivity index (χ0v) is 23.9. The van der Waals surface area contributed by atoms with Crippen LogP contribution in [0.4, 0.5) is 0 Å². The Labute approximate surface area is 241 Å².